The normalized spacial score (nSPS) is 27.5. The molecule has 6 heteroatoms. The van der Waals surface area contributed by atoms with Crippen molar-refractivity contribution in [3.63, 3.8) is 0 Å². The van der Waals surface area contributed by atoms with Gasteiger partial charge in [-0.05, 0) is 12.5 Å². The van der Waals surface area contributed by atoms with E-state index in [0.29, 0.717) is 5.56 Å². The summed E-state index contributed by atoms with van der Waals surface area (Å²) in [5.74, 6) is -5.14. The molecule has 1 fully saturated rings. The summed E-state index contributed by atoms with van der Waals surface area (Å²) in [6, 6.07) is 8.67. The van der Waals surface area contributed by atoms with Crippen LogP contribution in [-0.4, -0.2) is 41.6 Å². The highest BCUT2D eigenvalue weighted by molar-refractivity contribution is 6.02. The van der Waals surface area contributed by atoms with Gasteiger partial charge in [0.25, 0.3) is 0 Å². The summed E-state index contributed by atoms with van der Waals surface area (Å²) in [6.45, 7) is 8.32. The maximum Gasteiger partial charge on any atom is 0.317 e. The van der Waals surface area contributed by atoms with Crippen molar-refractivity contribution in [1.82, 2.24) is 0 Å². The van der Waals surface area contributed by atoms with Crippen molar-refractivity contribution in [2.45, 2.75) is 24.9 Å². The number of hydrogen-bond donors (Lipinski definition) is 1. The highest BCUT2D eigenvalue weighted by Crippen LogP contribution is 2.46. The Morgan fingerprint density at radius 1 is 1.15 bits per heavy atom. The Labute approximate surface area is 158 Å². The van der Waals surface area contributed by atoms with Crippen LogP contribution in [0.4, 0.5) is 0 Å². The molecule has 6 nitrogen and oxygen atoms in total. The second kappa shape index (κ2) is 8.77. The van der Waals surface area contributed by atoms with Crippen LogP contribution in [0.2, 0.25) is 0 Å². The molecular formula is C21H24O6. The van der Waals surface area contributed by atoms with Crippen molar-refractivity contribution in [2.24, 2.45) is 11.8 Å². The van der Waals surface area contributed by atoms with Crippen LogP contribution < -0.4 is 0 Å². The van der Waals surface area contributed by atoms with E-state index in [0.717, 1.165) is 0 Å². The fraction of sp³-hybridized carbons (Fsp3) is 0.381. The summed E-state index contributed by atoms with van der Waals surface area (Å²) in [6.07, 6.45) is 2.46. The molecular weight excluding hydrogens is 348 g/mol. The molecule has 0 spiro atoms. The van der Waals surface area contributed by atoms with Gasteiger partial charge in [0.05, 0.1) is 11.5 Å². The van der Waals surface area contributed by atoms with Crippen molar-refractivity contribution in [3.05, 3.63) is 61.2 Å². The second-order valence-corrected chi connectivity index (χ2v) is 6.73. The molecule has 1 saturated carbocycles. The predicted octanol–water partition coefficient (Wildman–Crippen LogP) is 2.18. The lowest BCUT2D eigenvalue weighted by atomic mass is 9.62. The number of Topliss-reactive ketones (excluding diaryl/α,β-unsaturated/α-hetero) is 1. The van der Waals surface area contributed by atoms with Crippen LogP contribution in [0.1, 0.15) is 24.8 Å². The van der Waals surface area contributed by atoms with Crippen molar-refractivity contribution < 1.29 is 29.0 Å². The Balaban J connectivity index is 2.53. The number of benzene rings is 1. The molecule has 27 heavy (non-hydrogen) atoms. The molecule has 1 aliphatic carbocycles. The first-order valence-electron chi connectivity index (χ1n) is 8.68. The minimum Gasteiger partial charge on any atom is -0.461 e. The zero-order valence-electron chi connectivity index (χ0n) is 15.3. The van der Waals surface area contributed by atoms with Crippen molar-refractivity contribution in [3.8, 4) is 0 Å². The minimum atomic E-state index is -1.66. The molecule has 0 radical (unpaired) electrons. The fourth-order valence-electron chi connectivity index (χ4n) is 3.55. The lowest BCUT2D eigenvalue weighted by Crippen LogP contribution is -2.55. The van der Waals surface area contributed by atoms with Crippen LogP contribution in [0.5, 0.6) is 0 Å². The Bertz CT molecular complexity index is 721. The van der Waals surface area contributed by atoms with E-state index in [2.05, 4.69) is 13.2 Å². The first kappa shape index (κ1) is 20.6. The highest BCUT2D eigenvalue weighted by atomic mass is 16.5. The molecule has 144 valence electrons. The molecule has 0 aromatic heterocycles. The Kier molecular flexibility index (Phi) is 6.69. The summed E-state index contributed by atoms with van der Waals surface area (Å²) in [4.78, 5) is 38.1. The maximum atomic E-state index is 12.7. The number of ketones is 1. The van der Waals surface area contributed by atoms with E-state index in [-0.39, 0.29) is 19.6 Å². The Morgan fingerprint density at radius 2 is 1.70 bits per heavy atom. The first-order chi connectivity index (χ1) is 12.8. The van der Waals surface area contributed by atoms with Gasteiger partial charge in [-0.3, -0.25) is 14.4 Å². The van der Waals surface area contributed by atoms with E-state index in [4.69, 9.17) is 9.47 Å². The molecule has 0 unspecified atom stereocenters. The van der Waals surface area contributed by atoms with Crippen LogP contribution in [0.15, 0.2) is 55.6 Å². The third kappa shape index (κ3) is 4.52. The van der Waals surface area contributed by atoms with E-state index >= 15 is 0 Å². The number of rotatable bonds is 7. The third-order valence-corrected chi connectivity index (χ3v) is 4.65. The molecule has 1 aliphatic rings. The fourth-order valence-corrected chi connectivity index (χ4v) is 3.55. The average Bonchev–Trinajstić information content (AvgIpc) is 2.63. The van der Waals surface area contributed by atoms with Gasteiger partial charge in [0.1, 0.15) is 19.1 Å². The van der Waals surface area contributed by atoms with Gasteiger partial charge in [-0.15, -0.1) is 0 Å². The molecule has 2 rings (SSSR count). The molecule has 0 bridgehead atoms. The lowest BCUT2D eigenvalue weighted by molar-refractivity contribution is -0.171. The van der Waals surface area contributed by atoms with Crippen molar-refractivity contribution in [2.75, 3.05) is 13.2 Å². The van der Waals surface area contributed by atoms with E-state index in [1.807, 2.05) is 0 Å². The second-order valence-electron chi connectivity index (χ2n) is 6.73. The first-order valence-corrected chi connectivity index (χ1v) is 8.68. The molecule has 0 aliphatic heterocycles. The summed E-state index contributed by atoms with van der Waals surface area (Å²) >= 11 is 0. The SMILES string of the molecule is C=CCOC(=O)[C@@H]1C(=O)C[C@](C)(O)[C@H](C(=O)OCC=C)[C@@H]1c1ccccc1. The summed E-state index contributed by atoms with van der Waals surface area (Å²) in [5, 5.41) is 10.9. The van der Waals surface area contributed by atoms with Gasteiger partial charge in [0, 0.05) is 12.3 Å². The van der Waals surface area contributed by atoms with E-state index in [9.17, 15) is 19.5 Å². The molecule has 4 atom stereocenters. The van der Waals surface area contributed by atoms with Crippen LogP contribution in [-0.2, 0) is 23.9 Å². The van der Waals surface area contributed by atoms with Crippen LogP contribution in [0.25, 0.3) is 0 Å². The Morgan fingerprint density at radius 3 is 2.26 bits per heavy atom. The van der Waals surface area contributed by atoms with Gasteiger partial charge >= 0.3 is 11.9 Å². The van der Waals surface area contributed by atoms with Gasteiger partial charge in [-0.25, -0.2) is 0 Å². The highest BCUT2D eigenvalue weighted by Gasteiger charge is 2.57. The zero-order valence-corrected chi connectivity index (χ0v) is 15.3. The molecule has 0 heterocycles. The van der Waals surface area contributed by atoms with Crippen molar-refractivity contribution in [1.29, 1.82) is 0 Å². The van der Waals surface area contributed by atoms with Crippen LogP contribution in [0.3, 0.4) is 0 Å². The molecule has 1 N–H and O–H groups in total. The number of aliphatic hydroxyl groups is 1. The van der Waals surface area contributed by atoms with Gasteiger partial charge in [0.2, 0.25) is 0 Å². The number of carbonyl (C=O) groups is 3. The topological polar surface area (TPSA) is 89.9 Å². The smallest absolute Gasteiger partial charge is 0.317 e. The monoisotopic (exact) mass is 372 g/mol. The van der Waals surface area contributed by atoms with Gasteiger partial charge in [0.15, 0.2) is 5.78 Å². The summed E-state index contributed by atoms with van der Waals surface area (Å²) < 4.78 is 10.3. The Hall–Kier alpha value is -2.73. The number of hydrogen-bond acceptors (Lipinski definition) is 6. The molecule has 0 saturated heterocycles. The van der Waals surface area contributed by atoms with Gasteiger partial charge in [-0.2, -0.15) is 0 Å². The molecule has 1 aromatic rings. The largest absolute Gasteiger partial charge is 0.461 e. The standard InChI is InChI=1S/C21H24O6/c1-4-11-26-19(23)17-15(22)13-21(3,25)18(20(24)27-12-5-2)16(17)14-9-7-6-8-10-14/h4-10,16-18,25H,1-2,11-13H2,3H3/t16-,17-,18+,21+/m1/s1. The van der Waals surface area contributed by atoms with E-state index in [1.165, 1.54) is 19.1 Å². The number of carbonyl (C=O) groups excluding carboxylic acids is 3. The summed E-state index contributed by atoms with van der Waals surface area (Å²) in [7, 11) is 0. The lowest BCUT2D eigenvalue weighted by Gasteiger charge is -2.43. The average molecular weight is 372 g/mol. The van der Waals surface area contributed by atoms with Crippen LogP contribution in [0, 0.1) is 11.8 Å². The van der Waals surface area contributed by atoms with Gasteiger partial charge < -0.3 is 14.6 Å². The van der Waals surface area contributed by atoms with Crippen molar-refractivity contribution >= 4 is 17.7 Å². The number of ether oxygens (including phenoxy) is 2. The summed E-state index contributed by atoms with van der Waals surface area (Å²) in [5.41, 5.74) is -1.09. The minimum absolute atomic E-state index is 0.0353. The zero-order chi connectivity index (χ0) is 20.0. The third-order valence-electron chi connectivity index (χ3n) is 4.65. The van der Waals surface area contributed by atoms with E-state index in [1.54, 1.807) is 30.3 Å². The van der Waals surface area contributed by atoms with Crippen LogP contribution >= 0.6 is 0 Å². The molecule has 0 amide bonds. The predicted molar refractivity (Wildman–Crippen MR) is 98.7 cm³/mol. The number of esters is 2. The quantitative estimate of drug-likeness (QED) is 0.448. The van der Waals surface area contributed by atoms with E-state index < -0.39 is 41.1 Å². The van der Waals surface area contributed by atoms with Gasteiger partial charge in [-0.1, -0.05) is 55.6 Å². The maximum absolute atomic E-state index is 12.7. The molecule has 1 aromatic carbocycles.